The SMILES string of the molecule is C=CCN(Cc1cccs1)C(=O)C(C)N(C)Cc1cccc(F)c1. The van der Waals surface area contributed by atoms with Crippen LogP contribution in [-0.2, 0) is 17.9 Å². The summed E-state index contributed by atoms with van der Waals surface area (Å²) in [5.41, 5.74) is 0.852. The number of rotatable bonds is 8. The lowest BCUT2D eigenvalue weighted by molar-refractivity contribution is -0.136. The molecule has 2 aromatic rings. The molecule has 0 aliphatic carbocycles. The summed E-state index contributed by atoms with van der Waals surface area (Å²) in [6.45, 7) is 7.24. The first kappa shape index (κ1) is 18.4. The second-order valence-corrected chi connectivity index (χ2v) is 6.84. The third-order valence-electron chi connectivity index (χ3n) is 3.93. The molecule has 0 aliphatic rings. The number of hydrogen-bond acceptors (Lipinski definition) is 3. The van der Waals surface area contributed by atoms with Gasteiger partial charge in [0.1, 0.15) is 5.82 Å². The summed E-state index contributed by atoms with van der Waals surface area (Å²) >= 11 is 1.64. The number of hydrogen-bond donors (Lipinski definition) is 0. The van der Waals surface area contributed by atoms with Crippen molar-refractivity contribution in [1.29, 1.82) is 0 Å². The first-order valence-corrected chi connectivity index (χ1v) is 8.76. The van der Waals surface area contributed by atoms with Gasteiger partial charge >= 0.3 is 0 Å². The van der Waals surface area contributed by atoms with E-state index in [1.165, 1.54) is 12.1 Å². The van der Waals surface area contributed by atoms with Gasteiger partial charge in [-0.15, -0.1) is 17.9 Å². The lowest BCUT2D eigenvalue weighted by Gasteiger charge is -2.29. The van der Waals surface area contributed by atoms with E-state index in [2.05, 4.69) is 6.58 Å². The zero-order valence-corrected chi connectivity index (χ0v) is 14.9. The average Bonchev–Trinajstić information content (AvgIpc) is 3.06. The van der Waals surface area contributed by atoms with E-state index in [-0.39, 0.29) is 17.8 Å². The number of benzene rings is 1. The van der Waals surface area contributed by atoms with Crippen molar-refractivity contribution in [3.8, 4) is 0 Å². The van der Waals surface area contributed by atoms with Gasteiger partial charge in [-0.3, -0.25) is 9.69 Å². The summed E-state index contributed by atoms with van der Waals surface area (Å²) in [7, 11) is 1.88. The van der Waals surface area contributed by atoms with Gasteiger partial charge in [0.25, 0.3) is 0 Å². The van der Waals surface area contributed by atoms with Crippen LogP contribution < -0.4 is 0 Å². The highest BCUT2D eigenvalue weighted by molar-refractivity contribution is 7.09. The van der Waals surface area contributed by atoms with E-state index < -0.39 is 0 Å². The van der Waals surface area contributed by atoms with Crippen molar-refractivity contribution in [2.45, 2.75) is 26.1 Å². The highest BCUT2D eigenvalue weighted by Gasteiger charge is 2.23. The molecule has 1 amide bonds. The van der Waals surface area contributed by atoms with E-state index in [1.54, 1.807) is 28.4 Å². The number of thiophene rings is 1. The Morgan fingerprint density at radius 2 is 2.12 bits per heavy atom. The third kappa shape index (κ3) is 5.01. The van der Waals surface area contributed by atoms with Crippen LogP contribution in [0.2, 0.25) is 0 Å². The lowest BCUT2D eigenvalue weighted by atomic mass is 10.1. The maximum Gasteiger partial charge on any atom is 0.240 e. The van der Waals surface area contributed by atoms with Crippen LogP contribution in [0.25, 0.3) is 0 Å². The Balaban J connectivity index is 2.02. The molecular weight excluding hydrogens is 323 g/mol. The van der Waals surface area contributed by atoms with Gasteiger partial charge < -0.3 is 4.90 Å². The van der Waals surface area contributed by atoms with Crippen molar-refractivity contribution in [3.05, 3.63) is 70.7 Å². The fraction of sp³-hybridized carbons (Fsp3) is 0.316. The molecule has 24 heavy (non-hydrogen) atoms. The van der Waals surface area contributed by atoms with E-state index >= 15 is 0 Å². The first-order valence-electron chi connectivity index (χ1n) is 7.88. The summed E-state index contributed by atoms with van der Waals surface area (Å²) in [6, 6.07) is 10.2. The van der Waals surface area contributed by atoms with E-state index in [0.29, 0.717) is 19.6 Å². The van der Waals surface area contributed by atoms with Crippen molar-refractivity contribution in [3.63, 3.8) is 0 Å². The molecule has 128 valence electrons. The number of nitrogens with zero attached hydrogens (tertiary/aromatic N) is 2. The summed E-state index contributed by atoms with van der Waals surface area (Å²) in [5, 5.41) is 2.01. The summed E-state index contributed by atoms with van der Waals surface area (Å²) in [6.07, 6.45) is 1.74. The van der Waals surface area contributed by atoms with Gasteiger partial charge in [-0.1, -0.05) is 24.3 Å². The molecule has 0 saturated carbocycles. The molecule has 3 nitrogen and oxygen atoms in total. The monoisotopic (exact) mass is 346 g/mol. The number of carbonyl (C=O) groups excluding carboxylic acids is 1. The van der Waals surface area contributed by atoms with Crippen molar-refractivity contribution >= 4 is 17.2 Å². The highest BCUT2D eigenvalue weighted by atomic mass is 32.1. The maximum atomic E-state index is 13.3. The Hall–Kier alpha value is -1.98. The molecule has 1 unspecified atom stereocenters. The van der Waals surface area contributed by atoms with Crippen molar-refractivity contribution < 1.29 is 9.18 Å². The van der Waals surface area contributed by atoms with Gasteiger partial charge in [0.2, 0.25) is 5.91 Å². The van der Waals surface area contributed by atoms with Crippen molar-refractivity contribution in [2.75, 3.05) is 13.6 Å². The Bertz CT molecular complexity index is 672. The van der Waals surface area contributed by atoms with Crippen molar-refractivity contribution in [1.82, 2.24) is 9.80 Å². The smallest absolute Gasteiger partial charge is 0.240 e. The standard InChI is InChI=1S/C19H23FN2OS/c1-4-10-22(14-18-9-6-11-24-18)19(23)15(2)21(3)13-16-7-5-8-17(20)12-16/h4-9,11-12,15H,1,10,13-14H2,2-3H3. The van der Waals surface area contributed by atoms with E-state index in [9.17, 15) is 9.18 Å². The van der Waals surface area contributed by atoms with Crippen LogP contribution in [0.5, 0.6) is 0 Å². The molecule has 0 aliphatic heterocycles. The number of carbonyl (C=O) groups is 1. The number of halogens is 1. The highest BCUT2D eigenvalue weighted by Crippen LogP contribution is 2.15. The topological polar surface area (TPSA) is 23.6 Å². The number of amides is 1. The quantitative estimate of drug-likeness (QED) is 0.676. The molecular formula is C19H23FN2OS. The molecule has 0 fully saturated rings. The van der Waals surface area contributed by atoms with Gasteiger partial charge in [-0.2, -0.15) is 0 Å². The Labute approximate surface area is 147 Å². The zero-order valence-electron chi connectivity index (χ0n) is 14.1. The van der Waals surface area contributed by atoms with Crippen LogP contribution in [0.4, 0.5) is 4.39 Å². The molecule has 1 atom stereocenters. The normalized spacial score (nSPS) is 12.2. The minimum atomic E-state index is -0.298. The third-order valence-corrected chi connectivity index (χ3v) is 4.79. The second-order valence-electron chi connectivity index (χ2n) is 5.81. The number of likely N-dealkylation sites (N-methyl/N-ethyl adjacent to an activating group) is 1. The fourth-order valence-corrected chi connectivity index (χ4v) is 3.21. The average molecular weight is 346 g/mol. The lowest BCUT2D eigenvalue weighted by Crippen LogP contribution is -2.45. The summed E-state index contributed by atoms with van der Waals surface area (Å²) in [5.74, 6) is -0.215. The van der Waals surface area contributed by atoms with Gasteiger partial charge in [0.05, 0.1) is 12.6 Å². The second kappa shape index (κ2) is 8.76. The predicted molar refractivity (Wildman–Crippen MR) is 97.3 cm³/mol. The molecule has 0 N–H and O–H groups in total. The first-order chi connectivity index (χ1) is 11.5. The minimum Gasteiger partial charge on any atom is -0.332 e. The molecule has 1 aromatic heterocycles. The summed E-state index contributed by atoms with van der Waals surface area (Å²) < 4.78 is 13.3. The van der Waals surface area contributed by atoms with Gasteiger partial charge in [0, 0.05) is 18.0 Å². The van der Waals surface area contributed by atoms with Crippen LogP contribution in [-0.4, -0.2) is 35.3 Å². The minimum absolute atomic E-state index is 0.0437. The predicted octanol–water partition coefficient (Wildman–Crippen LogP) is 3.92. The summed E-state index contributed by atoms with van der Waals surface area (Å²) in [4.78, 5) is 17.7. The van der Waals surface area contributed by atoms with Crippen LogP contribution in [0, 0.1) is 5.82 Å². The molecule has 5 heteroatoms. The Morgan fingerprint density at radius 3 is 2.75 bits per heavy atom. The Morgan fingerprint density at radius 1 is 1.33 bits per heavy atom. The molecule has 2 rings (SSSR count). The van der Waals surface area contributed by atoms with E-state index in [4.69, 9.17) is 0 Å². The maximum absolute atomic E-state index is 13.3. The molecule has 0 spiro atoms. The van der Waals surface area contributed by atoms with Crippen LogP contribution in [0.3, 0.4) is 0 Å². The van der Waals surface area contributed by atoms with Crippen LogP contribution in [0.15, 0.2) is 54.4 Å². The fourth-order valence-electron chi connectivity index (χ4n) is 2.49. The largest absolute Gasteiger partial charge is 0.332 e. The van der Waals surface area contributed by atoms with E-state index in [0.717, 1.165) is 10.4 Å². The van der Waals surface area contributed by atoms with Gasteiger partial charge in [0.15, 0.2) is 0 Å². The molecule has 1 heterocycles. The molecule has 0 radical (unpaired) electrons. The van der Waals surface area contributed by atoms with Crippen LogP contribution in [0.1, 0.15) is 17.4 Å². The van der Waals surface area contributed by atoms with Gasteiger partial charge in [-0.05, 0) is 43.1 Å². The van der Waals surface area contributed by atoms with Gasteiger partial charge in [-0.25, -0.2) is 4.39 Å². The van der Waals surface area contributed by atoms with E-state index in [1.807, 2.05) is 42.5 Å². The molecule has 0 saturated heterocycles. The molecule has 0 bridgehead atoms. The van der Waals surface area contributed by atoms with Crippen molar-refractivity contribution in [2.24, 2.45) is 0 Å². The Kier molecular flexibility index (Phi) is 6.70. The van der Waals surface area contributed by atoms with Crippen LogP contribution >= 0.6 is 11.3 Å². The molecule has 1 aromatic carbocycles. The zero-order chi connectivity index (χ0) is 17.5.